The first kappa shape index (κ1) is 13.5. The van der Waals surface area contributed by atoms with Crippen molar-refractivity contribution in [3.8, 4) is 11.1 Å². The van der Waals surface area contributed by atoms with E-state index in [4.69, 9.17) is 0 Å². The number of hydrogen-bond donors (Lipinski definition) is 1. The molecule has 0 aliphatic carbocycles. The van der Waals surface area contributed by atoms with Crippen molar-refractivity contribution in [1.29, 1.82) is 0 Å². The van der Waals surface area contributed by atoms with Crippen LogP contribution in [-0.2, 0) is 4.79 Å². The van der Waals surface area contributed by atoms with Crippen LogP contribution in [0.3, 0.4) is 0 Å². The van der Waals surface area contributed by atoms with Crippen molar-refractivity contribution in [3.63, 3.8) is 0 Å². The minimum Gasteiger partial charge on any atom is -0.388 e. The average Bonchev–Trinajstić information content (AvgIpc) is 2.46. The van der Waals surface area contributed by atoms with Gasteiger partial charge in [-0.15, -0.1) is 0 Å². The summed E-state index contributed by atoms with van der Waals surface area (Å²) in [4.78, 5) is 11.3. The number of aliphatic hydroxyl groups excluding tert-OH is 1. The lowest BCUT2D eigenvalue weighted by atomic mass is 9.93. The lowest BCUT2D eigenvalue weighted by Gasteiger charge is -2.16. The van der Waals surface area contributed by atoms with Crippen molar-refractivity contribution in [2.75, 3.05) is 0 Å². The summed E-state index contributed by atoms with van der Waals surface area (Å²) >= 11 is 0. The van der Waals surface area contributed by atoms with E-state index in [0.29, 0.717) is 0 Å². The molecule has 19 heavy (non-hydrogen) atoms. The summed E-state index contributed by atoms with van der Waals surface area (Å²) in [7, 11) is 0. The Hall–Kier alpha value is -1.93. The van der Waals surface area contributed by atoms with Gasteiger partial charge in [0.05, 0.1) is 6.10 Å². The van der Waals surface area contributed by atoms with E-state index < -0.39 is 6.10 Å². The van der Waals surface area contributed by atoms with Crippen LogP contribution in [-0.4, -0.2) is 10.9 Å². The Labute approximate surface area is 113 Å². The van der Waals surface area contributed by atoms with Gasteiger partial charge in [-0.3, -0.25) is 4.79 Å². The molecule has 0 aromatic heterocycles. The van der Waals surface area contributed by atoms with Gasteiger partial charge in [0.15, 0.2) is 0 Å². The van der Waals surface area contributed by atoms with Gasteiger partial charge in [0.1, 0.15) is 5.78 Å². The fourth-order valence-electron chi connectivity index (χ4n) is 2.01. The van der Waals surface area contributed by atoms with E-state index in [2.05, 4.69) is 0 Å². The standard InChI is InChI=1S/C17H18O2/c1-12(13(2)18)17(19)16-10-8-15(9-11-16)14-6-4-3-5-7-14/h3-12,17,19H,1-2H3. The van der Waals surface area contributed by atoms with Gasteiger partial charge in [-0.05, 0) is 23.6 Å². The van der Waals surface area contributed by atoms with Crippen LogP contribution in [0.1, 0.15) is 25.5 Å². The van der Waals surface area contributed by atoms with Crippen LogP contribution < -0.4 is 0 Å². The number of aliphatic hydroxyl groups is 1. The summed E-state index contributed by atoms with van der Waals surface area (Å²) in [5.41, 5.74) is 3.03. The normalized spacial score (nSPS) is 13.8. The molecule has 2 aromatic carbocycles. The topological polar surface area (TPSA) is 37.3 Å². The molecule has 0 amide bonds. The molecule has 98 valence electrons. The first-order valence-electron chi connectivity index (χ1n) is 6.43. The molecule has 0 saturated carbocycles. The van der Waals surface area contributed by atoms with E-state index in [-0.39, 0.29) is 11.7 Å². The maximum absolute atomic E-state index is 11.3. The summed E-state index contributed by atoms with van der Waals surface area (Å²) in [6.07, 6.45) is -0.734. The lowest BCUT2D eigenvalue weighted by Crippen LogP contribution is -2.16. The summed E-state index contributed by atoms with van der Waals surface area (Å²) in [5, 5.41) is 10.1. The van der Waals surface area contributed by atoms with E-state index in [1.54, 1.807) is 6.92 Å². The van der Waals surface area contributed by atoms with Crippen molar-refractivity contribution in [2.24, 2.45) is 5.92 Å². The van der Waals surface area contributed by atoms with Gasteiger partial charge < -0.3 is 5.11 Å². The second kappa shape index (κ2) is 5.81. The highest BCUT2D eigenvalue weighted by Crippen LogP contribution is 2.25. The molecule has 0 aliphatic rings. The maximum atomic E-state index is 11.3. The molecule has 2 nitrogen and oxygen atoms in total. The third-order valence-corrected chi connectivity index (χ3v) is 3.47. The number of ketones is 1. The highest BCUT2D eigenvalue weighted by molar-refractivity contribution is 5.78. The van der Waals surface area contributed by atoms with Crippen LogP contribution >= 0.6 is 0 Å². The Morgan fingerprint density at radius 3 is 2.00 bits per heavy atom. The SMILES string of the molecule is CC(=O)C(C)C(O)c1ccc(-c2ccccc2)cc1. The van der Waals surface area contributed by atoms with Gasteiger partial charge in [0.2, 0.25) is 0 Å². The molecule has 2 heteroatoms. The van der Waals surface area contributed by atoms with Crippen molar-refractivity contribution in [3.05, 3.63) is 60.2 Å². The maximum Gasteiger partial charge on any atom is 0.135 e. The Bertz CT molecular complexity index is 543. The number of carbonyl (C=O) groups excluding carboxylic acids is 1. The summed E-state index contributed by atoms with van der Waals surface area (Å²) < 4.78 is 0. The summed E-state index contributed by atoms with van der Waals surface area (Å²) in [6.45, 7) is 3.25. The predicted octanol–water partition coefficient (Wildman–Crippen LogP) is 3.61. The van der Waals surface area contributed by atoms with Crippen molar-refractivity contribution in [1.82, 2.24) is 0 Å². The van der Waals surface area contributed by atoms with Crippen LogP contribution in [0, 0.1) is 5.92 Å². The van der Waals surface area contributed by atoms with Crippen molar-refractivity contribution >= 4 is 5.78 Å². The Morgan fingerprint density at radius 2 is 1.47 bits per heavy atom. The number of rotatable bonds is 4. The Kier molecular flexibility index (Phi) is 4.13. The van der Waals surface area contributed by atoms with Gasteiger partial charge >= 0.3 is 0 Å². The molecule has 0 bridgehead atoms. The Morgan fingerprint density at radius 1 is 0.947 bits per heavy atom. The van der Waals surface area contributed by atoms with E-state index in [1.807, 2.05) is 54.6 Å². The molecule has 0 heterocycles. The highest BCUT2D eigenvalue weighted by atomic mass is 16.3. The number of Topliss-reactive ketones (excluding diaryl/α,β-unsaturated/α-hetero) is 1. The van der Waals surface area contributed by atoms with E-state index in [9.17, 15) is 9.90 Å². The summed E-state index contributed by atoms with van der Waals surface area (Å²) in [6, 6.07) is 17.8. The Balaban J connectivity index is 2.22. The molecule has 1 N–H and O–H groups in total. The van der Waals surface area contributed by atoms with Crippen LogP contribution in [0.15, 0.2) is 54.6 Å². The largest absolute Gasteiger partial charge is 0.388 e. The molecule has 2 atom stereocenters. The molecule has 0 radical (unpaired) electrons. The average molecular weight is 254 g/mol. The fraction of sp³-hybridized carbons (Fsp3) is 0.235. The quantitative estimate of drug-likeness (QED) is 0.905. The molecule has 2 unspecified atom stereocenters. The number of carbonyl (C=O) groups is 1. The van der Waals surface area contributed by atoms with E-state index in [1.165, 1.54) is 6.92 Å². The van der Waals surface area contributed by atoms with Gasteiger partial charge in [-0.25, -0.2) is 0 Å². The second-order valence-electron chi connectivity index (χ2n) is 4.83. The molecule has 0 aliphatic heterocycles. The minimum absolute atomic E-state index is 0.000337. The zero-order valence-electron chi connectivity index (χ0n) is 11.2. The van der Waals surface area contributed by atoms with Crippen LogP contribution in [0.25, 0.3) is 11.1 Å². The van der Waals surface area contributed by atoms with Crippen LogP contribution in [0.5, 0.6) is 0 Å². The number of benzene rings is 2. The van der Waals surface area contributed by atoms with Crippen molar-refractivity contribution < 1.29 is 9.90 Å². The molecular weight excluding hydrogens is 236 g/mol. The van der Waals surface area contributed by atoms with Crippen LogP contribution in [0.4, 0.5) is 0 Å². The number of hydrogen-bond acceptors (Lipinski definition) is 2. The zero-order chi connectivity index (χ0) is 13.8. The third-order valence-electron chi connectivity index (χ3n) is 3.47. The van der Waals surface area contributed by atoms with Gasteiger partial charge in [-0.1, -0.05) is 61.5 Å². The zero-order valence-corrected chi connectivity index (χ0v) is 11.2. The second-order valence-corrected chi connectivity index (χ2v) is 4.83. The van der Waals surface area contributed by atoms with Crippen LogP contribution in [0.2, 0.25) is 0 Å². The lowest BCUT2D eigenvalue weighted by molar-refractivity contribution is -0.123. The summed E-state index contributed by atoms with van der Waals surface area (Å²) in [5.74, 6) is -0.373. The van der Waals surface area contributed by atoms with Gasteiger partial charge in [0.25, 0.3) is 0 Å². The molecular formula is C17H18O2. The molecule has 2 rings (SSSR count). The first-order chi connectivity index (χ1) is 9.09. The van der Waals surface area contributed by atoms with E-state index >= 15 is 0 Å². The third kappa shape index (κ3) is 3.09. The molecule has 0 fully saturated rings. The smallest absolute Gasteiger partial charge is 0.135 e. The van der Waals surface area contributed by atoms with E-state index in [0.717, 1.165) is 16.7 Å². The minimum atomic E-state index is -0.734. The molecule has 0 saturated heterocycles. The predicted molar refractivity (Wildman–Crippen MR) is 76.7 cm³/mol. The fourth-order valence-corrected chi connectivity index (χ4v) is 2.01. The van der Waals surface area contributed by atoms with Gasteiger partial charge in [-0.2, -0.15) is 0 Å². The molecule has 2 aromatic rings. The van der Waals surface area contributed by atoms with Crippen molar-refractivity contribution in [2.45, 2.75) is 20.0 Å². The molecule has 0 spiro atoms. The monoisotopic (exact) mass is 254 g/mol. The first-order valence-corrected chi connectivity index (χ1v) is 6.43. The highest BCUT2D eigenvalue weighted by Gasteiger charge is 2.20. The van der Waals surface area contributed by atoms with Gasteiger partial charge in [0, 0.05) is 5.92 Å².